The molecule has 1 aromatic heterocycles. The summed E-state index contributed by atoms with van der Waals surface area (Å²) in [5.41, 5.74) is -0.860. The molecule has 3 aromatic rings. The van der Waals surface area contributed by atoms with Crippen LogP contribution in [0.1, 0.15) is 29.8 Å². The monoisotopic (exact) mass is 484 g/mol. The Morgan fingerprint density at radius 2 is 1.82 bits per heavy atom. The van der Waals surface area contributed by atoms with Crippen molar-refractivity contribution in [1.29, 1.82) is 0 Å². The molecule has 10 heteroatoms. The average Bonchev–Trinajstić information content (AvgIpc) is 2.83. The topological polar surface area (TPSA) is 117 Å². The number of carbonyl (C=O) groups excluding carboxylic acids is 1. The first-order valence-corrected chi connectivity index (χ1v) is 11.1. The van der Waals surface area contributed by atoms with Crippen LogP contribution >= 0.6 is 11.6 Å². The summed E-state index contributed by atoms with van der Waals surface area (Å²) in [6.45, 7) is 6.82. The zero-order valence-corrected chi connectivity index (χ0v) is 19.6. The van der Waals surface area contributed by atoms with E-state index < -0.39 is 23.1 Å². The Balaban J connectivity index is 1.78. The summed E-state index contributed by atoms with van der Waals surface area (Å²) >= 11 is 6.13. The molecule has 0 unspecified atom stereocenters. The number of ether oxygens (including phenoxy) is 1. The number of nitrogens with one attached hydrogen (secondary N) is 1. The summed E-state index contributed by atoms with van der Waals surface area (Å²) in [6.07, 6.45) is 1.14. The number of nitrogens with zero attached hydrogens (tertiary/aromatic N) is 3. The first-order chi connectivity index (χ1) is 16.3. The van der Waals surface area contributed by atoms with Crippen LogP contribution in [0.5, 0.6) is 5.88 Å². The van der Waals surface area contributed by atoms with Gasteiger partial charge in [0.15, 0.2) is 0 Å². The van der Waals surface area contributed by atoms with E-state index in [9.17, 15) is 19.5 Å². The highest BCUT2D eigenvalue weighted by Crippen LogP contribution is 2.23. The van der Waals surface area contributed by atoms with E-state index in [1.807, 2.05) is 13.8 Å². The largest absolute Gasteiger partial charge is 0.493 e. The molecule has 0 aliphatic carbocycles. The molecule has 2 N–H and O–H groups in total. The van der Waals surface area contributed by atoms with Gasteiger partial charge < -0.3 is 14.7 Å². The highest BCUT2D eigenvalue weighted by atomic mass is 35.5. The zero-order chi connectivity index (χ0) is 24.7. The Kier molecular flexibility index (Phi) is 8.39. The van der Waals surface area contributed by atoms with Crippen LogP contribution in [0.15, 0.2) is 63.1 Å². The highest BCUT2D eigenvalue weighted by molar-refractivity contribution is 6.32. The average molecular weight is 485 g/mol. The van der Waals surface area contributed by atoms with Crippen LogP contribution in [0.25, 0.3) is 5.69 Å². The van der Waals surface area contributed by atoms with Gasteiger partial charge in [-0.25, -0.2) is 14.2 Å². The Morgan fingerprint density at radius 1 is 1.15 bits per heavy atom. The number of hydrogen-bond acceptors (Lipinski definition) is 7. The molecule has 3 rings (SSSR count). The van der Waals surface area contributed by atoms with Crippen molar-refractivity contribution in [2.24, 2.45) is 4.99 Å². The standard InChI is InChI=1S/C24H25ClN4O5/c1-3-28(4-2)13-14-34-23(32)16-9-11-17(12-10-16)26-15-18-21(30)27-24(33)29(22(18)31)20-8-6-5-7-19(20)25/h5-12,15,31H,3-4,13-14H2,1-2H3,(H,27,30,33). The van der Waals surface area contributed by atoms with Gasteiger partial charge >= 0.3 is 11.7 Å². The second kappa shape index (κ2) is 11.4. The van der Waals surface area contributed by atoms with Crippen molar-refractivity contribution in [3.8, 4) is 11.6 Å². The molecule has 0 amide bonds. The van der Waals surface area contributed by atoms with Gasteiger partial charge in [0, 0.05) is 12.8 Å². The number of esters is 1. The molecule has 0 atom stereocenters. The van der Waals surface area contributed by atoms with E-state index in [2.05, 4.69) is 14.9 Å². The third kappa shape index (κ3) is 5.81. The number of aromatic nitrogens is 2. The summed E-state index contributed by atoms with van der Waals surface area (Å²) in [5, 5.41) is 10.8. The number of carbonyl (C=O) groups is 1. The van der Waals surface area contributed by atoms with E-state index >= 15 is 0 Å². The number of likely N-dealkylation sites (N-methyl/N-ethyl adjacent to an activating group) is 1. The molecule has 0 saturated heterocycles. The lowest BCUT2D eigenvalue weighted by Crippen LogP contribution is -2.31. The van der Waals surface area contributed by atoms with Gasteiger partial charge in [-0.05, 0) is 49.5 Å². The maximum Gasteiger partial charge on any atom is 0.338 e. The van der Waals surface area contributed by atoms with Gasteiger partial charge in [0.05, 0.1) is 22.0 Å². The number of halogens is 1. The molecule has 2 aromatic carbocycles. The lowest BCUT2D eigenvalue weighted by molar-refractivity contribution is 0.0466. The van der Waals surface area contributed by atoms with Gasteiger partial charge in [-0.3, -0.25) is 14.8 Å². The van der Waals surface area contributed by atoms with Crippen molar-refractivity contribution < 1.29 is 14.6 Å². The molecule has 178 valence electrons. The number of aliphatic imine (C=N–C) groups is 1. The second-order valence-electron chi connectivity index (χ2n) is 7.25. The first-order valence-electron chi connectivity index (χ1n) is 10.7. The number of benzene rings is 2. The number of H-pyrrole nitrogens is 1. The number of para-hydroxylation sites is 1. The Bertz CT molecular complexity index is 1290. The smallest absolute Gasteiger partial charge is 0.338 e. The van der Waals surface area contributed by atoms with E-state index in [1.54, 1.807) is 42.5 Å². The fourth-order valence-corrected chi connectivity index (χ4v) is 3.44. The molecule has 0 aliphatic heterocycles. The van der Waals surface area contributed by atoms with Crippen molar-refractivity contribution in [1.82, 2.24) is 14.5 Å². The Hall–Kier alpha value is -3.69. The highest BCUT2D eigenvalue weighted by Gasteiger charge is 2.16. The fourth-order valence-electron chi connectivity index (χ4n) is 3.22. The summed E-state index contributed by atoms with van der Waals surface area (Å²) in [4.78, 5) is 45.2. The van der Waals surface area contributed by atoms with E-state index in [1.165, 1.54) is 6.07 Å². The summed E-state index contributed by atoms with van der Waals surface area (Å²) in [5.74, 6) is -1.04. The maximum absolute atomic E-state index is 12.3. The molecule has 1 heterocycles. The zero-order valence-electron chi connectivity index (χ0n) is 18.8. The van der Waals surface area contributed by atoms with Crippen molar-refractivity contribution in [2.45, 2.75) is 13.8 Å². The molecule has 9 nitrogen and oxygen atoms in total. The minimum absolute atomic E-state index is 0.210. The fraction of sp³-hybridized carbons (Fsp3) is 0.250. The Morgan fingerprint density at radius 3 is 2.47 bits per heavy atom. The molecular formula is C24H25ClN4O5. The lowest BCUT2D eigenvalue weighted by Gasteiger charge is -2.17. The van der Waals surface area contributed by atoms with Gasteiger partial charge in [0.2, 0.25) is 5.88 Å². The summed E-state index contributed by atoms with van der Waals surface area (Å²) < 4.78 is 6.19. The third-order valence-electron chi connectivity index (χ3n) is 5.20. The van der Waals surface area contributed by atoms with Crippen LogP contribution in [0.4, 0.5) is 5.69 Å². The summed E-state index contributed by atoms with van der Waals surface area (Å²) in [7, 11) is 0. The van der Waals surface area contributed by atoms with Crippen LogP contribution in [0, 0.1) is 0 Å². The number of aromatic amines is 1. The van der Waals surface area contributed by atoms with Crippen LogP contribution in [-0.4, -0.2) is 58.0 Å². The second-order valence-corrected chi connectivity index (χ2v) is 7.66. The number of rotatable bonds is 9. The molecule has 34 heavy (non-hydrogen) atoms. The minimum atomic E-state index is -0.836. The van der Waals surface area contributed by atoms with Crippen LogP contribution in [0.3, 0.4) is 0 Å². The van der Waals surface area contributed by atoms with Crippen LogP contribution in [-0.2, 0) is 4.74 Å². The SMILES string of the molecule is CCN(CC)CCOC(=O)c1ccc(N=Cc2c(O)n(-c3ccccc3Cl)c(=O)[nH]c2=O)cc1. The molecule has 0 fully saturated rings. The molecule has 0 saturated carbocycles. The molecule has 0 bridgehead atoms. The van der Waals surface area contributed by atoms with E-state index in [4.69, 9.17) is 16.3 Å². The molecular weight excluding hydrogens is 460 g/mol. The number of aromatic hydroxyl groups is 1. The third-order valence-corrected chi connectivity index (χ3v) is 5.51. The molecule has 0 spiro atoms. The van der Waals surface area contributed by atoms with Crippen molar-refractivity contribution in [3.63, 3.8) is 0 Å². The minimum Gasteiger partial charge on any atom is -0.493 e. The van der Waals surface area contributed by atoms with Crippen molar-refractivity contribution in [3.05, 3.63) is 85.5 Å². The summed E-state index contributed by atoms with van der Waals surface area (Å²) in [6, 6.07) is 12.7. The quantitative estimate of drug-likeness (QED) is 0.356. The van der Waals surface area contributed by atoms with E-state index in [0.717, 1.165) is 23.9 Å². The lowest BCUT2D eigenvalue weighted by atomic mass is 10.2. The van der Waals surface area contributed by atoms with Gasteiger partial charge in [0.1, 0.15) is 12.2 Å². The normalized spacial score (nSPS) is 11.3. The predicted octanol–water partition coefficient (Wildman–Crippen LogP) is 3.13. The number of hydrogen-bond donors (Lipinski definition) is 2. The van der Waals surface area contributed by atoms with Crippen LogP contribution in [0.2, 0.25) is 5.02 Å². The van der Waals surface area contributed by atoms with Crippen LogP contribution < -0.4 is 11.2 Å². The van der Waals surface area contributed by atoms with E-state index in [0.29, 0.717) is 24.4 Å². The van der Waals surface area contributed by atoms with E-state index in [-0.39, 0.29) is 16.3 Å². The first kappa shape index (κ1) is 24.9. The van der Waals surface area contributed by atoms with Crippen molar-refractivity contribution >= 4 is 29.5 Å². The Labute approximate surface area is 200 Å². The van der Waals surface area contributed by atoms with Gasteiger partial charge in [-0.1, -0.05) is 37.6 Å². The van der Waals surface area contributed by atoms with Crippen molar-refractivity contribution in [2.75, 3.05) is 26.2 Å². The van der Waals surface area contributed by atoms with Gasteiger partial charge in [-0.2, -0.15) is 0 Å². The molecule has 0 aliphatic rings. The van der Waals surface area contributed by atoms with Gasteiger partial charge in [0.25, 0.3) is 5.56 Å². The maximum atomic E-state index is 12.3. The van der Waals surface area contributed by atoms with Gasteiger partial charge in [-0.15, -0.1) is 0 Å². The predicted molar refractivity (Wildman–Crippen MR) is 131 cm³/mol. The molecule has 0 radical (unpaired) electrons.